The van der Waals surface area contributed by atoms with E-state index in [1.165, 1.54) is 30.3 Å². The number of fused-ring (bicyclic) bond motifs is 1. The molecule has 3 aromatic rings. The molecule has 116 valence electrons. The number of anilines is 1. The van der Waals surface area contributed by atoms with Crippen LogP contribution in [0.2, 0.25) is 0 Å². The molecule has 0 aliphatic heterocycles. The van der Waals surface area contributed by atoms with Crippen LogP contribution in [0.5, 0.6) is 0 Å². The highest BCUT2D eigenvalue weighted by atomic mass is 19.1. The number of nitrogens with one attached hydrogen (secondary N) is 2. The fourth-order valence-electron chi connectivity index (χ4n) is 2.25. The number of carbonyl (C=O) groups is 1. The number of benzene rings is 2. The van der Waals surface area contributed by atoms with Crippen molar-refractivity contribution >= 4 is 22.4 Å². The molecular weight excluding hydrogens is 301 g/mol. The summed E-state index contributed by atoms with van der Waals surface area (Å²) < 4.78 is 14.4. The first-order valence-corrected chi connectivity index (χ1v) is 6.82. The summed E-state index contributed by atoms with van der Waals surface area (Å²) in [5.41, 5.74) is -0.962. The molecule has 0 fully saturated rings. The molecule has 1 aromatic heterocycles. The second-order valence-electron chi connectivity index (χ2n) is 4.91. The van der Waals surface area contributed by atoms with Gasteiger partial charge in [0.1, 0.15) is 12.4 Å². The van der Waals surface area contributed by atoms with Crippen molar-refractivity contribution in [2.24, 2.45) is 0 Å². The first kappa shape index (κ1) is 14.7. The van der Waals surface area contributed by atoms with Gasteiger partial charge < -0.3 is 5.32 Å². The van der Waals surface area contributed by atoms with Crippen LogP contribution >= 0.6 is 0 Å². The molecule has 7 heteroatoms. The van der Waals surface area contributed by atoms with Crippen LogP contribution in [-0.2, 0) is 11.3 Å². The van der Waals surface area contributed by atoms with E-state index < -0.39 is 29.4 Å². The number of carbonyl (C=O) groups excluding carboxylic acids is 1. The van der Waals surface area contributed by atoms with Crippen LogP contribution < -0.4 is 16.4 Å². The maximum Gasteiger partial charge on any atom is 0.273 e. The second-order valence-corrected chi connectivity index (χ2v) is 4.91. The van der Waals surface area contributed by atoms with E-state index in [4.69, 9.17) is 0 Å². The first-order valence-electron chi connectivity index (χ1n) is 6.82. The Kier molecular flexibility index (Phi) is 3.76. The Labute approximate surface area is 129 Å². The van der Waals surface area contributed by atoms with E-state index in [0.717, 1.165) is 4.68 Å². The van der Waals surface area contributed by atoms with Crippen LogP contribution in [0.25, 0.3) is 10.8 Å². The Morgan fingerprint density at radius 3 is 2.43 bits per heavy atom. The molecule has 0 saturated heterocycles. The highest BCUT2D eigenvalue weighted by Gasteiger charge is 2.11. The maximum atomic E-state index is 13.5. The Morgan fingerprint density at radius 1 is 1.04 bits per heavy atom. The SMILES string of the molecule is O=C(Cn1[nH]c(=O)c2ccccc2c1=O)Nc1ccccc1F. The van der Waals surface area contributed by atoms with Crippen molar-refractivity contribution in [3.63, 3.8) is 0 Å². The minimum Gasteiger partial charge on any atom is -0.322 e. The van der Waals surface area contributed by atoms with Gasteiger partial charge in [-0.25, -0.2) is 9.07 Å². The van der Waals surface area contributed by atoms with Gasteiger partial charge in [0.2, 0.25) is 5.91 Å². The van der Waals surface area contributed by atoms with E-state index in [9.17, 15) is 18.8 Å². The van der Waals surface area contributed by atoms with Gasteiger partial charge in [0.25, 0.3) is 11.1 Å². The molecule has 1 amide bonds. The molecule has 23 heavy (non-hydrogen) atoms. The summed E-state index contributed by atoms with van der Waals surface area (Å²) in [6.45, 7) is -0.423. The number of aromatic nitrogens is 2. The van der Waals surface area contributed by atoms with Gasteiger partial charge in [-0.2, -0.15) is 0 Å². The molecule has 0 radical (unpaired) electrons. The molecule has 3 rings (SSSR count). The van der Waals surface area contributed by atoms with E-state index >= 15 is 0 Å². The van der Waals surface area contributed by atoms with Gasteiger partial charge in [-0.1, -0.05) is 24.3 Å². The van der Waals surface area contributed by atoms with Crippen LogP contribution in [0.15, 0.2) is 58.1 Å². The van der Waals surface area contributed by atoms with Crippen molar-refractivity contribution in [2.45, 2.75) is 6.54 Å². The van der Waals surface area contributed by atoms with Gasteiger partial charge in [-0.3, -0.25) is 19.5 Å². The summed E-state index contributed by atoms with van der Waals surface area (Å²) >= 11 is 0. The Balaban J connectivity index is 1.91. The van der Waals surface area contributed by atoms with E-state index in [-0.39, 0.29) is 16.5 Å². The number of nitrogens with zero attached hydrogens (tertiary/aromatic N) is 1. The zero-order valence-electron chi connectivity index (χ0n) is 11.9. The summed E-state index contributed by atoms with van der Waals surface area (Å²) in [5.74, 6) is -1.21. The third-order valence-corrected chi connectivity index (χ3v) is 3.33. The molecule has 0 aliphatic carbocycles. The predicted molar refractivity (Wildman–Crippen MR) is 83.9 cm³/mol. The van der Waals surface area contributed by atoms with Gasteiger partial charge in [-0.15, -0.1) is 0 Å². The zero-order valence-corrected chi connectivity index (χ0v) is 11.9. The van der Waals surface area contributed by atoms with Crippen molar-refractivity contribution in [1.29, 1.82) is 0 Å². The smallest absolute Gasteiger partial charge is 0.273 e. The van der Waals surface area contributed by atoms with Crippen LogP contribution in [0, 0.1) is 5.82 Å². The summed E-state index contributed by atoms with van der Waals surface area (Å²) in [7, 11) is 0. The van der Waals surface area contributed by atoms with Crippen molar-refractivity contribution in [1.82, 2.24) is 9.78 Å². The molecule has 0 spiro atoms. The van der Waals surface area contributed by atoms with Crippen molar-refractivity contribution in [2.75, 3.05) is 5.32 Å². The molecule has 0 bridgehead atoms. The van der Waals surface area contributed by atoms with Gasteiger partial charge in [0.15, 0.2) is 0 Å². The second kappa shape index (κ2) is 5.88. The number of H-pyrrole nitrogens is 1. The lowest BCUT2D eigenvalue weighted by molar-refractivity contribution is -0.117. The molecule has 0 atom stereocenters. The minimum atomic E-state index is -0.622. The van der Waals surface area contributed by atoms with Crippen molar-refractivity contribution < 1.29 is 9.18 Å². The summed E-state index contributed by atoms with van der Waals surface area (Å²) in [5, 5.41) is 5.17. The Hall–Kier alpha value is -3.22. The first-order chi connectivity index (χ1) is 11.1. The summed E-state index contributed by atoms with van der Waals surface area (Å²) in [4.78, 5) is 36.2. The van der Waals surface area contributed by atoms with E-state index in [1.54, 1.807) is 18.2 Å². The standard InChI is InChI=1S/C16H12FN3O3/c17-12-7-3-4-8-13(12)18-14(21)9-20-16(23)11-6-2-1-5-10(11)15(22)19-20/h1-8H,9H2,(H,18,21)(H,19,22). The lowest BCUT2D eigenvalue weighted by atomic mass is 10.2. The van der Waals surface area contributed by atoms with Gasteiger partial charge in [-0.05, 0) is 24.3 Å². The zero-order chi connectivity index (χ0) is 16.4. The third-order valence-electron chi connectivity index (χ3n) is 3.33. The molecule has 2 aromatic carbocycles. The number of para-hydroxylation sites is 1. The summed E-state index contributed by atoms with van der Waals surface area (Å²) in [6.07, 6.45) is 0. The summed E-state index contributed by atoms with van der Waals surface area (Å²) in [6, 6.07) is 12.0. The molecule has 0 unspecified atom stereocenters. The Bertz CT molecular complexity index is 1010. The Morgan fingerprint density at radius 2 is 1.70 bits per heavy atom. The van der Waals surface area contributed by atoms with Gasteiger partial charge in [0.05, 0.1) is 16.5 Å². The van der Waals surface area contributed by atoms with Crippen LogP contribution in [0.1, 0.15) is 0 Å². The molecule has 1 heterocycles. The molecule has 6 nitrogen and oxygen atoms in total. The van der Waals surface area contributed by atoms with Crippen LogP contribution in [-0.4, -0.2) is 15.7 Å². The van der Waals surface area contributed by atoms with E-state index in [2.05, 4.69) is 10.4 Å². The number of rotatable bonds is 3. The van der Waals surface area contributed by atoms with Crippen LogP contribution in [0.3, 0.4) is 0 Å². The quantitative estimate of drug-likeness (QED) is 0.768. The average molecular weight is 313 g/mol. The average Bonchev–Trinajstić information content (AvgIpc) is 2.54. The normalized spacial score (nSPS) is 10.7. The van der Waals surface area contributed by atoms with Gasteiger partial charge in [0, 0.05) is 0 Å². The largest absolute Gasteiger partial charge is 0.322 e. The maximum absolute atomic E-state index is 13.5. The van der Waals surface area contributed by atoms with E-state index in [0.29, 0.717) is 0 Å². The highest BCUT2D eigenvalue weighted by Crippen LogP contribution is 2.12. The van der Waals surface area contributed by atoms with E-state index in [1.807, 2.05) is 0 Å². The minimum absolute atomic E-state index is 0.00804. The third kappa shape index (κ3) is 2.89. The number of hydrogen-bond acceptors (Lipinski definition) is 3. The molecule has 0 aliphatic rings. The molecular formula is C16H12FN3O3. The number of aromatic amines is 1. The topological polar surface area (TPSA) is 84.0 Å². The monoisotopic (exact) mass is 313 g/mol. The van der Waals surface area contributed by atoms with Crippen molar-refractivity contribution in [3.8, 4) is 0 Å². The number of halogens is 1. The highest BCUT2D eigenvalue weighted by molar-refractivity contribution is 5.90. The van der Waals surface area contributed by atoms with Gasteiger partial charge >= 0.3 is 0 Å². The fraction of sp³-hybridized carbons (Fsp3) is 0.0625. The van der Waals surface area contributed by atoms with Crippen molar-refractivity contribution in [3.05, 3.63) is 75.1 Å². The number of hydrogen-bond donors (Lipinski definition) is 2. The lowest BCUT2D eigenvalue weighted by Gasteiger charge is -2.08. The fourth-order valence-corrected chi connectivity index (χ4v) is 2.25. The molecule has 2 N–H and O–H groups in total. The van der Waals surface area contributed by atoms with Crippen LogP contribution in [0.4, 0.5) is 10.1 Å². The lowest BCUT2D eigenvalue weighted by Crippen LogP contribution is -2.34. The number of amides is 1. The molecule has 0 saturated carbocycles. The predicted octanol–water partition coefficient (Wildman–Crippen LogP) is 1.47.